The minimum Gasteiger partial charge on any atom is -0.389 e. The van der Waals surface area contributed by atoms with Gasteiger partial charge in [0, 0.05) is 44.5 Å². The van der Waals surface area contributed by atoms with Crippen LogP contribution in [0.4, 0.5) is 0 Å². The molecule has 1 heterocycles. The quantitative estimate of drug-likeness (QED) is 0.242. The molecule has 0 aliphatic carbocycles. The first-order valence-electron chi connectivity index (χ1n) is 11.7. The van der Waals surface area contributed by atoms with Gasteiger partial charge in [-0.1, -0.05) is 32.1 Å². The average molecular weight is 448 g/mol. The van der Waals surface area contributed by atoms with E-state index < -0.39 is 11.0 Å². The van der Waals surface area contributed by atoms with E-state index in [1.165, 1.54) is 5.57 Å². The van der Waals surface area contributed by atoms with Gasteiger partial charge in [0.1, 0.15) is 12.1 Å². The Morgan fingerprint density at radius 1 is 1.34 bits per heavy atom. The second-order valence-electron chi connectivity index (χ2n) is 9.71. The molecule has 0 saturated heterocycles. The lowest BCUT2D eigenvalue weighted by Crippen LogP contribution is -2.49. The highest BCUT2D eigenvalue weighted by molar-refractivity contribution is 5.88. The van der Waals surface area contributed by atoms with Crippen molar-refractivity contribution in [2.75, 3.05) is 26.7 Å². The number of aldehydes is 1. The molecule has 7 heteroatoms. The van der Waals surface area contributed by atoms with Gasteiger partial charge in [-0.15, -0.1) is 0 Å². The van der Waals surface area contributed by atoms with Gasteiger partial charge in [-0.3, -0.25) is 10.3 Å². The van der Waals surface area contributed by atoms with Crippen LogP contribution in [0.2, 0.25) is 0 Å². The van der Waals surface area contributed by atoms with Gasteiger partial charge >= 0.3 is 0 Å². The number of nitrogens with one attached hydrogen (secondary N) is 3. The molecule has 182 valence electrons. The van der Waals surface area contributed by atoms with Crippen LogP contribution in [0.15, 0.2) is 40.2 Å². The van der Waals surface area contributed by atoms with Crippen LogP contribution in [-0.2, 0) is 4.79 Å². The molecule has 0 bridgehead atoms. The first-order valence-corrected chi connectivity index (χ1v) is 11.7. The minimum absolute atomic E-state index is 0.265. The third-order valence-electron chi connectivity index (χ3n) is 5.59. The van der Waals surface area contributed by atoms with Crippen LogP contribution in [0.3, 0.4) is 0 Å². The average Bonchev–Trinajstić information content (AvgIpc) is 2.74. The van der Waals surface area contributed by atoms with Crippen LogP contribution in [0.25, 0.3) is 0 Å². The first-order chi connectivity index (χ1) is 14.9. The van der Waals surface area contributed by atoms with E-state index in [4.69, 9.17) is 0 Å². The Balaban J connectivity index is 2.77. The Morgan fingerprint density at radius 2 is 2.03 bits per heavy atom. The monoisotopic (exact) mass is 447 g/mol. The summed E-state index contributed by atoms with van der Waals surface area (Å²) in [6, 6.07) is 0.333. The third kappa shape index (κ3) is 9.27. The van der Waals surface area contributed by atoms with Crippen molar-refractivity contribution in [1.82, 2.24) is 20.9 Å². The van der Waals surface area contributed by atoms with Crippen LogP contribution in [0, 0.1) is 5.41 Å². The van der Waals surface area contributed by atoms with Crippen LogP contribution in [0.1, 0.15) is 61.3 Å². The summed E-state index contributed by atoms with van der Waals surface area (Å²) in [5.41, 5.74) is 0.743. The second-order valence-corrected chi connectivity index (χ2v) is 9.71. The molecule has 0 aromatic carbocycles. The zero-order chi connectivity index (χ0) is 24.4. The molecule has 0 aromatic rings. The van der Waals surface area contributed by atoms with Crippen molar-refractivity contribution in [1.29, 1.82) is 0 Å². The van der Waals surface area contributed by atoms with Crippen LogP contribution >= 0.6 is 0 Å². The van der Waals surface area contributed by atoms with Crippen LogP contribution < -0.4 is 16.0 Å². The molecule has 0 aromatic heterocycles. The summed E-state index contributed by atoms with van der Waals surface area (Å²) in [4.78, 5) is 18.5. The highest BCUT2D eigenvalue weighted by Gasteiger charge is 2.31. The Bertz CT molecular complexity index is 716. The zero-order valence-corrected chi connectivity index (χ0v) is 21.3. The maximum absolute atomic E-state index is 11.7. The molecule has 2 atom stereocenters. The number of rotatable bonds is 14. The molecule has 1 rings (SSSR count). The molecule has 0 fully saturated rings. The fourth-order valence-electron chi connectivity index (χ4n) is 3.24. The lowest BCUT2D eigenvalue weighted by molar-refractivity contribution is -0.113. The van der Waals surface area contributed by atoms with Crippen molar-refractivity contribution in [3.8, 4) is 0 Å². The molecule has 1 unspecified atom stereocenters. The van der Waals surface area contributed by atoms with Gasteiger partial charge < -0.3 is 25.4 Å². The van der Waals surface area contributed by atoms with Gasteiger partial charge in [0.25, 0.3) is 0 Å². The van der Waals surface area contributed by atoms with E-state index >= 15 is 0 Å². The van der Waals surface area contributed by atoms with Crippen molar-refractivity contribution in [3.63, 3.8) is 0 Å². The zero-order valence-electron chi connectivity index (χ0n) is 21.3. The first kappa shape index (κ1) is 28.1. The van der Waals surface area contributed by atoms with E-state index in [0.29, 0.717) is 25.7 Å². The van der Waals surface area contributed by atoms with Gasteiger partial charge in [-0.25, -0.2) is 0 Å². The third-order valence-corrected chi connectivity index (χ3v) is 5.59. The van der Waals surface area contributed by atoms with Gasteiger partial charge in [0.05, 0.1) is 11.0 Å². The highest BCUT2D eigenvalue weighted by Crippen LogP contribution is 2.28. The number of aliphatic hydroxyl groups is 1. The highest BCUT2D eigenvalue weighted by atomic mass is 16.3. The number of hydrogen-bond acceptors (Lipinski definition) is 7. The van der Waals surface area contributed by atoms with Gasteiger partial charge in [-0.2, -0.15) is 0 Å². The summed E-state index contributed by atoms with van der Waals surface area (Å²) in [6.07, 6.45) is 10.9. The lowest BCUT2D eigenvalue weighted by atomic mass is 9.85. The van der Waals surface area contributed by atoms with E-state index in [2.05, 4.69) is 71.9 Å². The molecule has 32 heavy (non-hydrogen) atoms. The molecule has 0 amide bonds. The second kappa shape index (κ2) is 12.9. The standard InChI is InChI=1S/C25H45N5O2/c1-9-12-20(15-26-17-25(6,7)32)13-11-14-27-23-28-16-21(24(4,5)18-31)22(29-23)30(8)19(3)10-2/h11-13,16,18-19,23,26-27,29,32H,9-10,14-15,17H2,1-8H3/b13-11-,20-12+/t19-,23?/m0/s1. The molecular formula is C25H45N5O2. The Kier molecular flexibility index (Phi) is 11.3. The van der Waals surface area contributed by atoms with Gasteiger partial charge in [0.15, 0.2) is 6.29 Å². The van der Waals surface area contributed by atoms with Crippen molar-refractivity contribution < 1.29 is 9.90 Å². The van der Waals surface area contributed by atoms with Crippen LogP contribution in [0.5, 0.6) is 0 Å². The van der Waals surface area contributed by atoms with E-state index in [1.54, 1.807) is 13.8 Å². The number of nitrogens with zero attached hydrogens (tertiary/aromatic N) is 2. The molecule has 1 aliphatic rings. The minimum atomic E-state index is -0.724. The lowest BCUT2D eigenvalue weighted by Gasteiger charge is -2.37. The van der Waals surface area contributed by atoms with Crippen molar-refractivity contribution in [2.24, 2.45) is 10.4 Å². The Labute approximate surface area is 195 Å². The van der Waals surface area contributed by atoms with Crippen molar-refractivity contribution in [2.45, 2.75) is 79.2 Å². The Hall–Kier alpha value is -1.96. The van der Waals surface area contributed by atoms with Gasteiger partial charge in [-0.05, 0) is 53.0 Å². The smallest absolute Gasteiger partial charge is 0.175 e. The summed E-state index contributed by atoms with van der Waals surface area (Å²) in [6.45, 7) is 15.8. The van der Waals surface area contributed by atoms with Gasteiger partial charge in [0.2, 0.25) is 0 Å². The summed E-state index contributed by atoms with van der Waals surface area (Å²) in [5.74, 6) is 0.940. The molecule has 0 spiro atoms. The van der Waals surface area contributed by atoms with E-state index in [-0.39, 0.29) is 6.29 Å². The van der Waals surface area contributed by atoms with Crippen molar-refractivity contribution >= 4 is 12.5 Å². The normalized spacial score (nSPS) is 18.8. The number of carbonyl (C=O) groups is 1. The van der Waals surface area contributed by atoms with E-state index in [0.717, 1.165) is 30.5 Å². The largest absolute Gasteiger partial charge is 0.389 e. The predicted molar refractivity (Wildman–Crippen MR) is 134 cm³/mol. The molecule has 4 N–H and O–H groups in total. The summed E-state index contributed by atoms with van der Waals surface area (Å²) in [7, 11) is 2.05. The SMILES string of the molecule is CC/C=C(\C=C/CNC1N=CC(C(C)(C)C=O)=C(N(C)[C@@H](C)CC)N1)CNCC(C)(C)O. The van der Waals surface area contributed by atoms with E-state index in [1.807, 2.05) is 20.1 Å². The number of hydrogen-bond donors (Lipinski definition) is 4. The molecular weight excluding hydrogens is 402 g/mol. The summed E-state index contributed by atoms with van der Waals surface area (Å²) < 4.78 is 0. The van der Waals surface area contributed by atoms with Crippen LogP contribution in [-0.4, -0.2) is 67.1 Å². The Morgan fingerprint density at radius 3 is 2.59 bits per heavy atom. The fourth-order valence-corrected chi connectivity index (χ4v) is 3.24. The molecule has 0 radical (unpaired) electrons. The molecule has 1 aliphatic heterocycles. The number of aliphatic imine (C=N–C) groups is 1. The fraction of sp³-hybridized carbons (Fsp3) is 0.680. The number of allylic oxidation sites excluding steroid dienone is 2. The van der Waals surface area contributed by atoms with E-state index in [9.17, 15) is 9.90 Å². The van der Waals surface area contributed by atoms with Crippen molar-refractivity contribution in [3.05, 3.63) is 35.2 Å². The predicted octanol–water partition coefficient (Wildman–Crippen LogP) is 2.95. The summed E-state index contributed by atoms with van der Waals surface area (Å²) >= 11 is 0. The molecule has 7 nitrogen and oxygen atoms in total. The number of carbonyl (C=O) groups excluding carboxylic acids is 1. The topological polar surface area (TPSA) is 89.0 Å². The maximum Gasteiger partial charge on any atom is 0.175 e. The molecule has 0 saturated carbocycles. The maximum atomic E-state index is 11.7. The summed E-state index contributed by atoms with van der Waals surface area (Å²) in [5, 5.41) is 20.0.